The number of thiocarbonyl (C=S) groups is 1. The van der Waals surface area contributed by atoms with Gasteiger partial charge in [-0.3, -0.25) is 4.79 Å². The van der Waals surface area contributed by atoms with Gasteiger partial charge in [0.1, 0.15) is 11.0 Å². The average Bonchev–Trinajstić information content (AvgIpc) is 2.52. The maximum Gasteiger partial charge on any atom is 0.252 e. The number of hydrogen-bond donors (Lipinski definition) is 2. The number of amides is 1. The summed E-state index contributed by atoms with van der Waals surface area (Å²) in [6.45, 7) is 2.02. The van der Waals surface area contributed by atoms with E-state index in [2.05, 4.69) is 5.32 Å². The van der Waals surface area contributed by atoms with Gasteiger partial charge in [-0.25, -0.2) is 0 Å². The molecule has 0 bridgehead atoms. The summed E-state index contributed by atoms with van der Waals surface area (Å²) >= 11 is 5.09. The zero-order valence-electron chi connectivity index (χ0n) is 11.9. The van der Waals surface area contributed by atoms with Crippen LogP contribution in [0.4, 0.5) is 0 Å². The van der Waals surface area contributed by atoms with Gasteiger partial charge < -0.3 is 11.1 Å². The highest BCUT2D eigenvalue weighted by Crippen LogP contribution is 2.16. The first-order chi connectivity index (χ1) is 10.1. The minimum absolute atomic E-state index is 0.158. The summed E-state index contributed by atoms with van der Waals surface area (Å²) in [5.74, 6) is -0.158. The molecule has 2 aromatic carbocycles. The molecule has 0 fully saturated rings. The molecule has 21 heavy (non-hydrogen) atoms. The lowest BCUT2D eigenvalue weighted by Crippen LogP contribution is -2.36. The molecule has 3 N–H and O–H groups in total. The second-order valence-corrected chi connectivity index (χ2v) is 5.20. The Morgan fingerprint density at radius 1 is 1.14 bits per heavy atom. The van der Waals surface area contributed by atoms with Crippen molar-refractivity contribution in [3.8, 4) is 0 Å². The number of benzene rings is 2. The standard InChI is InChI=1S/C17H18N2OS/c1-2-12-8-6-7-11-14(12)17(20)19-15(16(18)21)13-9-4-3-5-10-13/h3-11,15H,2H2,1H3,(H2,18,21)(H,19,20). The summed E-state index contributed by atoms with van der Waals surface area (Å²) in [6.07, 6.45) is 0.798. The highest BCUT2D eigenvalue weighted by Gasteiger charge is 2.19. The molecule has 0 aliphatic carbocycles. The molecule has 1 amide bonds. The van der Waals surface area contributed by atoms with Crippen LogP contribution in [-0.4, -0.2) is 10.9 Å². The number of carbonyl (C=O) groups excluding carboxylic acids is 1. The van der Waals surface area contributed by atoms with Crippen molar-refractivity contribution < 1.29 is 4.79 Å². The molecule has 0 saturated carbocycles. The van der Waals surface area contributed by atoms with Gasteiger partial charge in [-0.05, 0) is 23.6 Å². The third kappa shape index (κ3) is 3.67. The molecule has 3 nitrogen and oxygen atoms in total. The van der Waals surface area contributed by atoms with E-state index in [1.807, 2.05) is 61.5 Å². The second kappa shape index (κ2) is 6.99. The SMILES string of the molecule is CCc1ccccc1C(=O)NC(C(N)=S)c1ccccc1. The van der Waals surface area contributed by atoms with Crippen molar-refractivity contribution in [2.45, 2.75) is 19.4 Å². The first-order valence-electron chi connectivity index (χ1n) is 6.86. The number of carbonyl (C=O) groups is 1. The van der Waals surface area contributed by atoms with Crippen molar-refractivity contribution in [1.82, 2.24) is 5.32 Å². The third-order valence-corrected chi connectivity index (χ3v) is 3.57. The summed E-state index contributed by atoms with van der Waals surface area (Å²) in [5, 5.41) is 2.92. The van der Waals surface area contributed by atoms with Gasteiger partial charge in [0.25, 0.3) is 5.91 Å². The van der Waals surface area contributed by atoms with Crippen molar-refractivity contribution in [2.24, 2.45) is 5.73 Å². The summed E-state index contributed by atoms with van der Waals surface area (Å²) < 4.78 is 0. The molecular formula is C17H18N2OS. The monoisotopic (exact) mass is 298 g/mol. The van der Waals surface area contributed by atoms with Gasteiger partial charge in [-0.15, -0.1) is 0 Å². The number of rotatable bonds is 5. The number of hydrogen-bond acceptors (Lipinski definition) is 2. The van der Waals surface area contributed by atoms with E-state index >= 15 is 0 Å². The maximum atomic E-state index is 12.5. The Hall–Kier alpha value is -2.20. The van der Waals surface area contributed by atoms with Crippen LogP contribution >= 0.6 is 12.2 Å². The summed E-state index contributed by atoms with van der Waals surface area (Å²) in [7, 11) is 0. The lowest BCUT2D eigenvalue weighted by atomic mass is 10.0. The van der Waals surface area contributed by atoms with E-state index in [-0.39, 0.29) is 10.9 Å². The molecular weight excluding hydrogens is 280 g/mol. The Morgan fingerprint density at radius 2 is 1.76 bits per heavy atom. The number of aryl methyl sites for hydroxylation is 1. The normalized spacial score (nSPS) is 11.7. The molecule has 1 unspecified atom stereocenters. The minimum Gasteiger partial charge on any atom is -0.391 e. The van der Waals surface area contributed by atoms with E-state index in [4.69, 9.17) is 18.0 Å². The smallest absolute Gasteiger partial charge is 0.252 e. The fourth-order valence-electron chi connectivity index (χ4n) is 2.22. The molecule has 2 rings (SSSR count). The van der Waals surface area contributed by atoms with Crippen molar-refractivity contribution in [3.63, 3.8) is 0 Å². The zero-order valence-corrected chi connectivity index (χ0v) is 12.7. The molecule has 0 aliphatic rings. The van der Waals surface area contributed by atoms with Crippen molar-refractivity contribution in [2.75, 3.05) is 0 Å². The van der Waals surface area contributed by atoms with Gasteiger partial charge in [-0.2, -0.15) is 0 Å². The van der Waals surface area contributed by atoms with E-state index in [0.29, 0.717) is 5.56 Å². The van der Waals surface area contributed by atoms with E-state index in [9.17, 15) is 4.79 Å². The molecule has 4 heteroatoms. The van der Waals surface area contributed by atoms with Gasteiger partial charge in [0.2, 0.25) is 0 Å². The molecule has 0 saturated heterocycles. The van der Waals surface area contributed by atoms with Crippen LogP contribution in [0.15, 0.2) is 54.6 Å². The Morgan fingerprint density at radius 3 is 2.38 bits per heavy atom. The zero-order chi connectivity index (χ0) is 15.2. The van der Waals surface area contributed by atoms with Crippen LogP contribution in [0.5, 0.6) is 0 Å². The summed E-state index contributed by atoms with van der Waals surface area (Å²) in [6, 6.07) is 16.6. The summed E-state index contributed by atoms with van der Waals surface area (Å²) in [5.41, 5.74) is 8.33. The van der Waals surface area contributed by atoms with Crippen LogP contribution in [0.2, 0.25) is 0 Å². The predicted octanol–water partition coefficient (Wildman–Crippen LogP) is 3.01. The fraction of sp³-hybridized carbons (Fsp3) is 0.176. The largest absolute Gasteiger partial charge is 0.391 e. The third-order valence-electron chi connectivity index (χ3n) is 3.34. The van der Waals surface area contributed by atoms with E-state index < -0.39 is 6.04 Å². The average molecular weight is 298 g/mol. The van der Waals surface area contributed by atoms with E-state index in [1.54, 1.807) is 0 Å². The van der Waals surface area contributed by atoms with Crippen LogP contribution < -0.4 is 11.1 Å². The van der Waals surface area contributed by atoms with Gasteiger partial charge in [-0.1, -0.05) is 67.7 Å². The topological polar surface area (TPSA) is 55.1 Å². The van der Waals surface area contributed by atoms with E-state index in [0.717, 1.165) is 17.5 Å². The van der Waals surface area contributed by atoms with Crippen molar-refractivity contribution >= 4 is 23.1 Å². The Labute approximate surface area is 130 Å². The Kier molecular flexibility index (Phi) is 5.06. The summed E-state index contributed by atoms with van der Waals surface area (Å²) in [4.78, 5) is 12.7. The Bertz CT molecular complexity index is 640. The van der Waals surface area contributed by atoms with Gasteiger partial charge in [0.15, 0.2) is 0 Å². The van der Waals surface area contributed by atoms with Crippen molar-refractivity contribution in [3.05, 3.63) is 71.3 Å². The molecule has 0 aromatic heterocycles. The first kappa shape index (κ1) is 15.2. The predicted molar refractivity (Wildman–Crippen MR) is 89.3 cm³/mol. The lowest BCUT2D eigenvalue weighted by Gasteiger charge is -2.18. The number of nitrogens with one attached hydrogen (secondary N) is 1. The molecule has 0 spiro atoms. The number of nitrogens with two attached hydrogens (primary N) is 1. The van der Waals surface area contributed by atoms with Crippen LogP contribution in [0.3, 0.4) is 0 Å². The molecule has 0 aliphatic heterocycles. The minimum atomic E-state index is -0.460. The molecule has 108 valence electrons. The van der Waals surface area contributed by atoms with Crippen LogP contribution in [-0.2, 0) is 6.42 Å². The fourth-order valence-corrected chi connectivity index (χ4v) is 2.42. The van der Waals surface area contributed by atoms with Crippen molar-refractivity contribution in [1.29, 1.82) is 0 Å². The van der Waals surface area contributed by atoms with Crippen LogP contribution in [0.1, 0.15) is 34.5 Å². The van der Waals surface area contributed by atoms with E-state index in [1.165, 1.54) is 0 Å². The maximum absolute atomic E-state index is 12.5. The van der Waals surface area contributed by atoms with Gasteiger partial charge in [0, 0.05) is 5.56 Å². The van der Waals surface area contributed by atoms with Crippen LogP contribution in [0, 0.1) is 0 Å². The molecule has 0 heterocycles. The van der Waals surface area contributed by atoms with Gasteiger partial charge >= 0.3 is 0 Å². The first-order valence-corrected chi connectivity index (χ1v) is 7.27. The molecule has 2 aromatic rings. The lowest BCUT2D eigenvalue weighted by molar-refractivity contribution is 0.0946. The highest BCUT2D eigenvalue weighted by molar-refractivity contribution is 7.80. The quantitative estimate of drug-likeness (QED) is 0.834. The molecule has 1 atom stereocenters. The second-order valence-electron chi connectivity index (χ2n) is 4.73. The molecule has 0 radical (unpaired) electrons. The van der Waals surface area contributed by atoms with Crippen LogP contribution in [0.25, 0.3) is 0 Å². The van der Waals surface area contributed by atoms with Gasteiger partial charge in [0.05, 0.1) is 0 Å². The Balaban J connectivity index is 2.25. The highest BCUT2D eigenvalue weighted by atomic mass is 32.1.